The van der Waals surface area contributed by atoms with E-state index >= 15 is 0 Å². The second-order valence-corrected chi connectivity index (χ2v) is 4.43. The first-order valence-electron chi connectivity index (χ1n) is 6.48. The van der Waals surface area contributed by atoms with Gasteiger partial charge in [0.1, 0.15) is 11.9 Å². The summed E-state index contributed by atoms with van der Waals surface area (Å²) < 4.78 is 45.8. The number of guanidine groups is 1. The first kappa shape index (κ1) is 20.1. The zero-order valence-corrected chi connectivity index (χ0v) is 14.5. The molecule has 6 nitrogen and oxygen atoms in total. The monoisotopic (exact) mass is 457 g/mol. The molecule has 0 aliphatic carbocycles. The molecule has 0 spiro atoms. The Labute approximate surface area is 152 Å². The van der Waals surface area contributed by atoms with E-state index in [1.54, 1.807) is 12.1 Å². The van der Waals surface area contributed by atoms with Crippen LogP contribution in [-0.4, -0.2) is 24.0 Å². The molecule has 1 heterocycles. The summed E-state index contributed by atoms with van der Waals surface area (Å²) in [6, 6.07) is 8.56. The van der Waals surface area contributed by atoms with E-state index in [9.17, 15) is 18.3 Å². The van der Waals surface area contributed by atoms with E-state index in [2.05, 4.69) is 15.0 Å². The van der Waals surface area contributed by atoms with Gasteiger partial charge in [0.05, 0.1) is 18.5 Å². The van der Waals surface area contributed by atoms with Gasteiger partial charge in [0, 0.05) is 0 Å². The lowest BCUT2D eigenvalue weighted by Crippen LogP contribution is -2.25. The highest BCUT2D eigenvalue weighted by atomic mass is 127. The number of benzene rings is 1. The van der Waals surface area contributed by atoms with Gasteiger partial charge >= 0.3 is 6.36 Å². The van der Waals surface area contributed by atoms with E-state index in [0.717, 1.165) is 6.07 Å². The standard InChI is InChI=1S/C14H14F3N3O3.HI/c15-14(16,17)23-11-5-2-1-4-9(11)20-13(18)19-8-10(21)12-6-3-7-22-12;/h1-7,10,21H,8H2,(H3,18,19,20);1H. The number of ether oxygens (including phenoxy) is 1. The minimum absolute atomic E-state index is 0. The van der Waals surface area contributed by atoms with Crippen LogP contribution in [0.2, 0.25) is 0 Å². The summed E-state index contributed by atoms with van der Waals surface area (Å²) in [5, 5.41) is 12.3. The number of para-hydroxylation sites is 2. The van der Waals surface area contributed by atoms with Gasteiger partial charge < -0.3 is 25.3 Å². The van der Waals surface area contributed by atoms with Crippen molar-refractivity contribution in [1.82, 2.24) is 0 Å². The highest BCUT2D eigenvalue weighted by Crippen LogP contribution is 2.29. The number of rotatable bonds is 5. The van der Waals surface area contributed by atoms with Crippen molar-refractivity contribution in [3.05, 3.63) is 48.4 Å². The van der Waals surface area contributed by atoms with Crippen LogP contribution in [0.3, 0.4) is 0 Å². The summed E-state index contributed by atoms with van der Waals surface area (Å²) >= 11 is 0. The average molecular weight is 457 g/mol. The van der Waals surface area contributed by atoms with Crippen LogP contribution < -0.4 is 15.8 Å². The van der Waals surface area contributed by atoms with Gasteiger partial charge in [-0.2, -0.15) is 0 Å². The average Bonchev–Trinajstić information content (AvgIpc) is 2.99. The highest BCUT2D eigenvalue weighted by molar-refractivity contribution is 14.0. The quantitative estimate of drug-likeness (QED) is 0.364. The first-order chi connectivity index (χ1) is 10.8. The number of halogens is 4. The van der Waals surface area contributed by atoms with Gasteiger partial charge in [-0.25, -0.2) is 4.99 Å². The van der Waals surface area contributed by atoms with Crippen LogP contribution in [0.5, 0.6) is 5.75 Å². The maximum Gasteiger partial charge on any atom is 0.573 e. The molecular formula is C14H15F3IN3O3. The molecule has 2 rings (SSSR count). The van der Waals surface area contributed by atoms with Crippen LogP contribution in [0.15, 0.2) is 52.1 Å². The molecule has 0 bridgehead atoms. The Morgan fingerprint density at radius 2 is 2.00 bits per heavy atom. The molecule has 0 amide bonds. The van der Waals surface area contributed by atoms with Crippen LogP contribution in [-0.2, 0) is 0 Å². The van der Waals surface area contributed by atoms with E-state index in [1.807, 2.05) is 0 Å². The van der Waals surface area contributed by atoms with E-state index in [-0.39, 0.29) is 42.2 Å². The van der Waals surface area contributed by atoms with Gasteiger partial charge in [0.25, 0.3) is 0 Å². The van der Waals surface area contributed by atoms with E-state index < -0.39 is 18.2 Å². The van der Waals surface area contributed by atoms with Crippen molar-refractivity contribution in [3.63, 3.8) is 0 Å². The zero-order chi connectivity index (χ0) is 16.9. The summed E-state index contributed by atoms with van der Waals surface area (Å²) in [5.41, 5.74) is 5.60. The molecule has 1 atom stereocenters. The van der Waals surface area contributed by atoms with Crippen molar-refractivity contribution in [2.75, 3.05) is 11.9 Å². The first-order valence-corrected chi connectivity index (χ1v) is 6.48. The number of nitrogens with zero attached hydrogens (tertiary/aromatic N) is 1. The van der Waals surface area contributed by atoms with Crippen LogP contribution in [0.4, 0.5) is 18.9 Å². The van der Waals surface area contributed by atoms with Gasteiger partial charge in [-0.15, -0.1) is 37.1 Å². The van der Waals surface area contributed by atoms with Crippen molar-refractivity contribution in [3.8, 4) is 5.75 Å². The van der Waals surface area contributed by atoms with Crippen molar-refractivity contribution in [2.45, 2.75) is 12.5 Å². The number of hydrogen-bond donors (Lipinski definition) is 3. The predicted octanol–water partition coefficient (Wildman–Crippen LogP) is 3.26. The second kappa shape index (κ2) is 8.78. The molecule has 0 fully saturated rings. The van der Waals surface area contributed by atoms with Crippen LogP contribution >= 0.6 is 24.0 Å². The van der Waals surface area contributed by atoms with Gasteiger partial charge in [-0.1, -0.05) is 12.1 Å². The Morgan fingerprint density at radius 3 is 2.62 bits per heavy atom. The Balaban J connectivity index is 0.00000288. The van der Waals surface area contributed by atoms with Gasteiger partial charge in [0.2, 0.25) is 0 Å². The van der Waals surface area contributed by atoms with Crippen molar-refractivity contribution >= 4 is 35.6 Å². The van der Waals surface area contributed by atoms with Crippen molar-refractivity contribution < 1.29 is 27.4 Å². The SMILES string of the molecule is I.NC(=NCC(O)c1ccco1)Nc1ccccc1OC(F)(F)F. The molecule has 2 aromatic rings. The molecule has 24 heavy (non-hydrogen) atoms. The predicted molar refractivity (Wildman–Crippen MR) is 92.3 cm³/mol. The maximum absolute atomic E-state index is 12.3. The van der Waals surface area contributed by atoms with E-state index in [4.69, 9.17) is 10.2 Å². The fourth-order valence-electron chi connectivity index (χ4n) is 1.72. The van der Waals surface area contributed by atoms with Crippen LogP contribution in [0.25, 0.3) is 0 Å². The summed E-state index contributed by atoms with van der Waals surface area (Å²) in [6.07, 6.45) is -4.43. The molecule has 0 aliphatic rings. The number of nitrogens with one attached hydrogen (secondary N) is 1. The topological polar surface area (TPSA) is 93.0 Å². The molecule has 10 heteroatoms. The number of aliphatic hydroxyl groups is 1. The molecule has 0 radical (unpaired) electrons. The molecule has 0 aliphatic heterocycles. The summed E-state index contributed by atoms with van der Waals surface area (Å²) in [6.45, 7) is -0.116. The third-order valence-corrected chi connectivity index (χ3v) is 2.68. The lowest BCUT2D eigenvalue weighted by Gasteiger charge is -2.14. The largest absolute Gasteiger partial charge is 0.573 e. The Morgan fingerprint density at radius 1 is 1.29 bits per heavy atom. The number of alkyl halides is 3. The number of anilines is 1. The normalized spacial score (nSPS) is 13.1. The van der Waals surface area contributed by atoms with E-state index in [1.165, 1.54) is 24.5 Å². The minimum Gasteiger partial charge on any atom is -0.467 e. The number of nitrogens with two attached hydrogens (primary N) is 1. The summed E-state index contributed by atoms with van der Waals surface area (Å²) in [7, 11) is 0. The summed E-state index contributed by atoms with van der Waals surface area (Å²) in [4.78, 5) is 3.85. The fraction of sp³-hybridized carbons (Fsp3) is 0.214. The minimum atomic E-state index is -4.82. The number of hydrogen-bond acceptors (Lipinski definition) is 4. The number of furan rings is 1. The van der Waals surface area contributed by atoms with Crippen molar-refractivity contribution in [1.29, 1.82) is 0 Å². The Hall–Kier alpha value is -1.95. The van der Waals surface area contributed by atoms with Crippen LogP contribution in [0, 0.1) is 0 Å². The van der Waals surface area contributed by atoms with Gasteiger partial charge in [-0.3, -0.25) is 0 Å². The maximum atomic E-state index is 12.3. The van der Waals surface area contributed by atoms with Crippen LogP contribution in [0.1, 0.15) is 11.9 Å². The fourth-order valence-corrected chi connectivity index (χ4v) is 1.72. The van der Waals surface area contributed by atoms with Gasteiger partial charge in [-0.05, 0) is 24.3 Å². The molecule has 1 aromatic carbocycles. The molecule has 0 saturated heterocycles. The highest BCUT2D eigenvalue weighted by Gasteiger charge is 2.32. The summed E-state index contributed by atoms with van der Waals surface area (Å²) in [5.74, 6) is -0.305. The number of aliphatic hydroxyl groups excluding tert-OH is 1. The van der Waals surface area contributed by atoms with E-state index in [0.29, 0.717) is 5.76 Å². The lowest BCUT2D eigenvalue weighted by molar-refractivity contribution is -0.274. The Bertz CT molecular complexity index is 663. The number of aliphatic imine (C=N–C) groups is 1. The lowest BCUT2D eigenvalue weighted by atomic mass is 10.3. The van der Waals surface area contributed by atoms with Crippen molar-refractivity contribution in [2.24, 2.45) is 10.7 Å². The molecule has 1 unspecified atom stereocenters. The molecular weight excluding hydrogens is 442 g/mol. The molecule has 1 aromatic heterocycles. The molecule has 132 valence electrons. The molecule has 4 N–H and O–H groups in total. The zero-order valence-electron chi connectivity index (χ0n) is 12.2. The smallest absolute Gasteiger partial charge is 0.467 e. The Kier molecular flexibility index (Phi) is 7.35. The van der Waals surface area contributed by atoms with Gasteiger partial charge in [0.15, 0.2) is 11.7 Å². The molecule has 0 saturated carbocycles. The third-order valence-electron chi connectivity index (χ3n) is 2.68. The second-order valence-electron chi connectivity index (χ2n) is 4.43. The third kappa shape index (κ3) is 6.28.